The van der Waals surface area contributed by atoms with Gasteiger partial charge in [-0.15, -0.1) is 5.10 Å². The van der Waals surface area contributed by atoms with Crippen molar-refractivity contribution in [3.8, 4) is 0 Å². The average molecular weight is 283 g/mol. The number of benzene rings is 1. The monoisotopic (exact) mass is 283 g/mol. The van der Waals surface area contributed by atoms with E-state index in [9.17, 15) is 0 Å². The quantitative estimate of drug-likeness (QED) is 0.855. The van der Waals surface area contributed by atoms with Gasteiger partial charge in [0.2, 0.25) is 0 Å². The summed E-state index contributed by atoms with van der Waals surface area (Å²) in [4.78, 5) is 4.87. The van der Waals surface area contributed by atoms with E-state index >= 15 is 0 Å². The first-order valence-electron chi connectivity index (χ1n) is 7.35. The van der Waals surface area contributed by atoms with E-state index in [-0.39, 0.29) is 0 Å². The van der Waals surface area contributed by atoms with Crippen molar-refractivity contribution in [2.75, 3.05) is 37.6 Å². The van der Waals surface area contributed by atoms with E-state index < -0.39 is 0 Å². The highest BCUT2D eigenvalue weighted by Gasteiger charge is 2.19. The van der Waals surface area contributed by atoms with Gasteiger partial charge in [0.25, 0.3) is 0 Å². The smallest absolute Gasteiger partial charge is 0.136 e. The van der Waals surface area contributed by atoms with E-state index in [1.807, 2.05) is 12.1 Å². The molecule has 2 heterocycles. The van der Waals surface area contributed by atoms with Crippen LogP contribution in [0, 0.1) is 0 Å². The number of fused-ring (bicyclic) bond motifs is 1. The number of aromatic nitrogens is 3. The minimum Gasteiger partial charge on any atom is -0.367 e. The summed E-state index contributed by atoms with van der Waals surface area (Å²) in [6.07, 6.45) is 2.85. The fraction of sp³-hybridized carbons (Fsp3) is 0.375. The number of anilines is 1. The predicted molar refractivity (Wildman–Crippen MR) is 86.5 cm³/mol. The third kappa shape index (κ3) is 2.97. The fourth-order valence-electron chi connectivity index (χ4n) is 2.73. The van der Waals surface area contributed by atoms with Crippen LogP contribution in [-0.2, 0) is 0 Å². The maximum atomic E-state index is 4.20. The highest BCUT2D eigenvalue weighted by molar-refractivity contribution is 5.87. The highest BCUT2D eigenvalue weighted by atomic mass is 15.3. The zero-order valence-corrected chi connectivity index (χ0v) is 12.3. The van der Waals surface area contributed by atoms with Gasteiger partial charge in [-0.2, -0.15) is 0 Å². The fourth-order valence-corrected chi connectivity index (χ4v) is 2.73. The maximum absolute atomic E-state index is 4.20. The molecular weight excluding hydrogens is 262 g/mol. The van der Waals surface area contributed by atoms with Crippen LogP contribution < -0.4 is 4.90 Å². The van der Waals surface area contributed by atoms with Crippen LogP contribution >= 0.6 is 0 Å². The van der Waals surface area contributed by atoms with Gasteiger partial charge < -0.3 is 4.90 Å². The second kappa shape index (κ2) is 6.10. The molecule has 0 aliphatic carbocycles. The molecule has 1 aromatic heterocycles. The lowest BCUT2D eigenvalue weighted by molar-refractivity contribution is 0.261. The van der Waals surface area contributed by atoms with Crippen LogP contribution in [0.3, 0.4) is 0 Å². The number of aromatic amines is 1. The van der Waals surface area contributed by atoms with Crippen molar-refractivity contribution in [1.82, 2.24) is 20.3 Å². The summed E-state index contributed by atoms with van der Waals surface area (Å²) in [5.74, 6) is 0. The van der Waals surface area contributed by atoms with Crippen molar-refractivity contribution in [1.29, 1.82) is 0 Å². The molecule has 0 unspecified atom stereocenters. The molecule has 1 N–H and O–H groups in total. The summed E-state index contributed by atoms with van der Waals surface area (Å²) < 4.78 is 0. The molecule has 1 saturated heterocycles. The van der Waals surface area contributed by atoms with E-state index in [2.05, 4.69) is 50.5 Å². The molecule has 0 bridgehead atoms. The molecule has 5 heteroatoms. The van der Waals surface area contributed by atoms with Crippen molar-refractivity contribution >= 4 is 16.7 Å². The number of H-pyrrole nitrogens is 1. The summed E-state index contributed by atoms with van der Waals surface area (Å²) in [5, 5.41) is 11.0. The first-order valence-corrected chi connectivity index (χ1v) is 7.35. The molecule has 1 aromatic carbocycles. The Morgan fingerprint density at radius 2 is 2.10 bits per heavy atom. The Bertz CT molecular complexity index is 637. The molecule has 21 heavy (non-hydrogen) atoms. The molecule has 1 aliphatic heterocycles. The van der Waals surface area contributed by atoms with E-state index in [0.717, 1.165) is 55.8 Å². The number of nitrogens with one attached hydrogen (secondary N) is 1. The Morgan fingerprint density at radius 1 is 1.29 bits per heavy atom. The molecule has 0 saturated carbocycles. The molecule has 0 radical (unpaired) electrons. The average Bonchev–Trinajstić information content (AvgIpc) is 3.01. The van der Waals surface area contributed by atoms with E-state index in [4.69, 9.17) is 0 Å². The van der Waals surface area contributed by atoms with Gasteiger partial charge in [-0.1, -0.05) is 36.1 Å². The summed E-state index contributed by atoms with van der Waals surface area (Å²) in [6, 6.07) is 6.19. The van der Waals surface area contributed by atoms with E-state index in [1.54, 1.807) is 0 Å². The first-order chi connectivity index (χ1) is 10.3. The summed E-state index contributed by atoms with van der Waals surface area (Å²) in [6.45, 7) is 13.0. The molecule has 0 atom stereocenters. The predicted octanol–water partition coefficient (Wildman–Crippen LogP) is 2.21. The maximum Gasteiger partial charge on any atom is 0.136 e. The summed E-state index contributed by atoms with van der Waals surface area (Å²) >= 11 is 0. The summed E-state index contributed by atoms with van der Waals surface area (Å²) in [7, 11) is 0. The largest absolute Gasteiger partial charge is 0.367 e. The van der Waals surface area contributed by atoms with Gasteiger partial charge in [-0.25, -0.2) is 0 Å². The molecular formula is C16H21N5. The molecule has 5 nitrogen and oxygen atoms in total. The number of piperazine rings is 1. The van der Waals surface area contributed by atoms with E-state index in [0.29, 0.717) is 0 Å². The van der Waals surface area contributed by atoms with Crippen LogP contribution in [0.1, 0.15) is 6.42 Å². The lowest BCUT2D eigenvalue weighted by atomic mass is 10.2. The Kier molecular flexibility index (Phi) is 4.01. The van der Waals surface area contributed by atoms with Crippen molar-refractivity contribution in [2.45, 2.75) is 6.42 Å². The molecule has 1 fully saturated rings. The van der Waals surface area contributed by atoms with Crippen LogP contribution in [0.15, 0.2) is 43.0 Å². The Balaban J connectivity index is 1.62. The van der Waals surface area contributed by atoms with Crippen LogP contribution in [0.5, 0.6) is 0 Å². The van der Waals surface area contributed by atoms with Gasteiger partial charge >= 0.3 is 0 Å². The van der Waals surface area contributed by atoms with Gasteiger partial charge in [0.1, 0.15) is 5.52 Å². The van der Waals surface area contributed by atoms with Gasteiger partial charge in [0, 0.05) is 32.7 Å². The Morgan fingerprint density at radius 3 is 2.86 bits per heavy atom. The van der Waals surface area contributed by atoms with Gasteiger partial charge in [0.05, 0.1) is 11.2 Å². The summed E-state index contributed by atoms with van der Waals surface area (Å²) in [5.41, 5.74) is 4.25. The van der Waals surface area contributed by atoms with Gasteiger partial charge in [0.15, 0.2) is 0 Å². The first kappa shape index (κ1) is 13.8. The standard InChI is InChI=1S/C16H21N5/c1-3-13(2)7-8-20-9-11-21(12-10-20)15-6-4-5-14-16(15)18-19-17-14/h3-6H,1-2,7-12H2,(H,17,18,19). The molecule has 0 spiro atoms. The molecule has 110 valence electrons. The van der Waals surface area contributed by atoms with Gasteiger partial charge in [-0.05, 0) is 18.6 Å². The Hall–Kier alpha value is -2.14. The third-order valence-electron chi connectivity index (χ3n) is 4.09. The molecule has 2 aromatic rings. The normalized spacial score (nSPS) is 16.3. The SMILES string of the molecule is C=CC(=C)CCN1CCN(c2cccc3[nH]nnc23)CC1. The number of hydrogen-bond donors (Lipinski definition) is 1. The van der Waals surface area contributed by atoms with Crippen LogP contribution in [-0.4, -0.2) is 53.0 Å². The highest BCUT2D eigenvalue weighted by Crippen LogP contribution is 2.24. The number of nitrogens with zero attached hydrogens (tertiary/aromatic N) is 4. The minimum atomic E-state index is 0.964. The number of hydrogen-bond acceptors (Lipinski definition) is 4. The van der Waals surface area contributed by atoms with Crippen LogP contribution in [0.2, 0.25) is 0 Å². The lowest BCUT2D eigenvalue weighted by Gasteiger charge is -2.36. The zero-order valence-electron chi connectivity index (χ0n) is 12.3. The molecule has 1 aliphatic rings. The van der Waals surface area contributed by atoms with Crippen molar-refractivity contribution in [3.05, 3.63) is 43.0 Å². The number of allylic oxidation sites excluding steroid dienone is 1. The third-order valence-corrected chi connectivity index (χ3v) is 4.09. The van der Waals surface area contributed by atoms with Crippen LogP contribution in [0.4, 0.5) is 5.69 Å². The van der Waals surface area contributed by atoms with Crippen LogP contribution in [0.25, 0.3) is 11.0 Å². The number of rotatable bonds is 5. The second-order valence-corrected chi connectivity index (χ2v) is 5.43. The second-order valence-electron chi connectivity index (χ2n) is 5.43. The molecule has 0 amide bonds. The van der Waals surface area contributed by atoms with E-state index in [1.165, 1.54) is 5.69 Å². The minimum absolute atomic E-state index is 0.964. The van der Waals surface area contributed by atoms with Crippen molar-refractivity contribution < 1.29 is 0 Å². The topological polar surface area (TPSA) is 48.0 Å². The molecule has 3 rings (SSSR count). The van der Waals surface area contributed by atoms with Crippen molar-refractivity contribution in [3.63, 3.8) is 0 Å². The van der Waals surface area contributed by atoms with Crippen molar-refractivity contribution in [2.24, 2.45) is 0 Å². The van der Waals surface area contributed by atoms with Gasteiger partial charge in [-0.3, -0.25) is 10.00 Å². The Labute approximate surface area is 124 Å². The zero-order chi connectivity index (χ0) is 14.7. The lowest BCUT2D eigenvalue weighted by Crippen LogP contribution is -2.46.